The van der Waals surface area contributed by atoms with Gasteiger partial charge >= 0.3 is 11.9 Å². The van der Waals surface area contributed by atoms with Gasteiger partial charge in [0.05, 0.1) is 0 Å². The van der Waals surface area contributed by atoms with Crippen molar-refractivity contribution in [1.29, 1.82) is 0 Å². The van der Waals surface area contributed by atoms with E-state index in [-0.39, 0.29) is 18.2 Å². The Morgan fingerprint density at radius 1 is 1.04 bits per heavy atom. The van der Waals surface area contributed by atoms with Crippen LogP contribution in [0.1, 0.15) is 78.6 Å². The molecule has 4 heteroatoms. The van der Waals surface area contributed by atoms with Crippen LogP contribution < -0.4 is 0 Å². The van der Waals surface area contributed by atoms with Gasteiger partial charge < -0.3 is 9.47 Å². The van der Waals surface area contributed by atoms with Crippen LogP contribution in [-0.2, 0) is 19.1 Å². The van der Waals surface area contributed by atoms with Crippen molar-refractivity contribution in [3.63, 3.8) is 0 Å². The van der Waals surface area contributed by atoms with Crippen LogP contribution in [0.2, 0.25) is 0 Å². The smallest absolute Gasteiger partial charge is 0.344 e. The lowest BCUT2D eigenvalue weighted by atomic mass is 9.42. The van der Waals surface area contributed by atoms with E-state index in [2.05, 4.69) is 20.4 Å². The summed E-state index contributed by atoms with van der Waals surface area (Å²) in [6.45, 7) is 9.67. The SMILES string of the molecule is C=C(C)C(=O)OCC(=O)OC1(C2CCCC(C)C2)C2CC3CC1CC(C)(C3)C2. The van der Waals surface area contributed by atoms with E-state index in [0.717, 1.165) is 18.8 Å². The maximum absolute atomic E-state index is 12.8. The van der Waals surface area contributed by atoms with Crippen LogP contribution in [0.15, 0.2) is 12.2 Å². The van der Waals surface area contributed by atoms with Gasteiger partial charge in [0.15, 0.2) is 6.61 Å². The molecule has 0 amide bonds. The molecule has 4 bridgehead atoms. The third kappa shape index (κ3) is 3.41. The van der Waals surface area contributed by atoms with E-state index in [4.69, 9.17) is 9.47 Å². The molecule has 0 radical (unpaired) electrons. The number of hydrogen-bond donors (Lipinski definition) is 0. The zero-order valence-corrected chi connectivity index (χ0v) is 17.8. The summed E-state index contributed by atoms with van der Waals surface area (Å²) in [4.78, 5) is 24.6. The van der Waals surface area contributed by atoms with E-state index in [1.54, 1.807) is 6.92 Å². The van der Waals surface area contributed by atoms with Crippen molar-refractivity contribution in [2.75, 3.05) is 6.61 Å². The Bertz CT molecular complexity index is 641. The molecule has 5 fully saturated rings. The van der Waals surface area contributed by atoms with Crippen molar-refractivity contribution in [3.8, 4) is 0 Å². The highest BCUT2D eigenvalue weighted by molar-refractivity contribution is 5.88. The van der Waals surface area contributed by atoms with Gasteiger partial charge in [0, 0.05) is 17.4 Å². The minimum absolute atomic E-state index is 0.296. The average molecular weight is 389 g/mol. The fourth-order valence-electron chi connectivity index (χ4n) is 7.63. The van der Waals surface area contributed by atoms with Crippen LogP contribution >= 0.6 is 0 Å². The molecule has 156 valence electrons. The van der Waals surface area contributed by atoms with Crippen molar-refractivity contribution in [1.82, 2.24) is 0 Å². The Hall–Kier alpha value is -1.32. The number of carbonyl (C=O) groups is 2. The molecule has 4 atom stereocenters. The number of rotatable bonds is 5. The van der Waals surface area contributed by atoms with E-state index < -0.39 is 5.97 Å². The van der Waals surface area contributed by atoms with E-state index >= 15 is 0 Å². The zero-order valence-electron chi connectivity index (χ0n) is 17.8. The van der Waals surface area contributed by atoms with Gasteiger partial charge in [0.2, 0.25) is 0 Å². The van der Waals surface area contributed by atoms with Crippen LogP contribution in [-0.4, -0.2) is 24.1 Å². The summed E-state index contributed by atoms with van der Waals surface area (Å²) in [7, 11) is 0. The summed E-state index contributed by atoms with van der Waals surface area (Å²) in [6.07, 6.45) is 11.0. The lowest BCUT2D eigenvalue weighted by Gasteiger charge is -2.66. The quantitative estimate of drug-likeness (QED) is 0.488. The van der Waals surface area contributed by atoms with Gasteiger partial charge in [-0.2, -0.15) is 0 Å². The van der Waals surface area contributed by atoms with Gasteiger partial charge in [-0.25, -0.2) is 9.59 Å². The third-order valence-corrected chi connectivity index (χ3v) is 8.31. The summed E-state index contributed by atoms with van der Waals surface area (Å²) < 4.78 is 11.6. The molecule has 28 heavy (non-hydrogen) atoms. The summed E-state index contributed by atoms with van der Waals surface area (Å²) in [5.41, 5.74) is 0.405. The summed E-state index contributed by atoms with van der Waals surface area (Å²) >= 11 is 0. The molecule has 4 nitrogen and oxygen atoms in total. The second kappa shape index (κ2) is 7.18. The number of hydrogen-bond acceptors (Lipinski definition) is 4. The molecule has 5 saturated carbocycles. The van der Waals surface area contributed by atoms with E-state index in [1.807, 2.05) is 0 Å². The molecule has 0 saturated heterocycles. The maximum atomic E-state index is 12.8. The fraction of sp³-hybridized carbons (Fsp3) is 0.833. The predicted octanol–water partition coefficient (Wildman–Crippen LogP) is 5.06. The van der Waals surface area contributed by atoms with Crippen molar-refractivity contribution < 1.29 is 19.1 Å². The van der Waals surface area contributed by atoms with Crippen LogP contribution in [0.25, 0.3) is 0 Å². The van der Waals surface area contributed by atoms with Gasteiger partial charge in [-0.1, -0.05) is 33.3 Å². The highest BCUT2D eigenvalue weighted by atomic mass is 16.6. The molecular weight excluding hydrogens is 352 g/mol. The number of carbonyl (C=O) groups excluding carboxylic acids is 2. The zero-order chi connectivity index (χ0) is 20.1. The molecule has 0 aromatic carbocycles. The van der Waals surface area contributed by atoms with Gasteiger partial charge in [-0.15, -0.1) is 0 Å². The molecule has 5 rings (SSSR count). The predicted molar refractivity (Wildman–Crippen MR) is 107 cm³/mol. The molecular formula is C24H36O4. The van der Waals surface area contributed by atoms with Gasteiger partial charge in [-0.3, -0.25) is 0 Å². The molecule has 4 unspecified atom stereocenters. The molecule has 0 heterocycles. The van der Waals surface area contributed by atoms with Crippen LogP contribution in [0.5, 0.6) is 0 Å². The molecule has 5 aliphatic carbocycles. The highest BCUT2D eigenvalue weighted by Crippen LogP contribution is 2.67. The molecule has 0 aromatic heterocycles. The fourth-order valence-corrected chi connectivity index (χ4v) is 7.63. The Kier molecular flexibility index (Phi) is 5.12. The normalized spacial score (nSPS) is 44.2. The van der Waals surface area contributed by atoms with Crippen molar-refractivity contribution in [3.05, 3.63) is 12.2 Å². The monoisotopic (exact) mass is 388 g/mol. The van der Waals surface area contributed by atoms with Crippen molar-refractivity contribution in [2.45, 2.75) is 84.2 Å². The molecule has 0 N–H and O–H groups in total. The Labute approximate surface area is 169 Å². The molecule has 5 aliphatic rings. The van der Waals surface area contributed by atoms with E-state index in [9.17, 15) is 9.59 Å². The minimum Gasteiger partial charge on any atom is -0.456 e. The molecule has 0 aliphatic heterocycles. The standard InChI is InChI=1S/C24H36O4/c1-15(2)22(26)27-14-21(25)28-24(18-7-5-6-16(3)8-18)19-9-17-10-20(24)13-23(4,11-17)12-19/h16-20H,1,5-14H2,2-4H3. The summed E-state index contributed by atoms with van der Waals surface area (Å²) in [5, 5.41) is 0. The Morgan fingerprint density at radius 3 is 2.29 bits per heavy atom. The second-order valence-corrected chi connectivity index (χ2v) is 10.8. The van der Waals surface area contributed by atoms with Gasteiger partial charge in [0.1, 0.15) is 5.60 Å². The Balaban J connectivity index is 1.57. The van der Waals surface area contributed by atoms with Crippen molar-refractivity contribution in [2.24, 2.45) is 35.0 Å². The average Bonchev–Trinajstić information content (AvgIpc) is 2.61. The van der Waals surface area contributed by atoms with E-state index in [1.165, 1.54) is 44.9 Å². The number of esters is 2. The van der Waals surface area contributed by atoms with Crippen LogP contribution in [0.4, 0.5) is 0 Å². The van der Waals surface area contributed by atoms with Gasteiger partial charge in [0.25, 0.3) is 0 Å². The largest absolute Gasteiger partial charge is 0.456 e. The first kappa shape index (κ1) is 20.0. The lowest BCUT2D eigenvalue weighted by Crippen LogP contribution is -2.65. The first-order valence-electron chi connectivity index (χ1n) is 11.3. The molecule has 0 spiro atoms. The molecule has 0 aromatic rings. The van der Waals surface area contributed by atoms with E-state index in [0.29, 0.717) is 34.7 Å². The highest BCUT2D eigenvalue weighted by Gasteiger charge is 2.65. The topological polar surface area (TPSA) is 52.6 Å². The first-order chi connectivity index (χ1) is 13.2. The first-order valence-corrected chi connectivity index (χ1v) is 11.3. The Morgan fingerprint density at radius 2 is 1.71 bits per heavy atom. The third-order valence-electron chi connectivity index (χ3n) is 8.31. The minimum atomic E-state index is -0.519. The van der Waals surface area contributed by atoms with Crippen molar-refractivity contribution >= 4 is 11.9 Å². The lowest BCUT2D eigenvalue weighted by molar-refractivity contribution is -0.248. The van der Waals surface area contributed by atoms with Gasteiger partial charge in [-0.05, 0) is 75.0 Å². The maximum Gasteiger partial charge on any atom is 0.344 e. The summed E-state index contributed by atoms with van der Waals surface area (Å²) in [6, 6.07) is 0. The number of ether oxygens (including phenoxy) is 2. The van der Waals surface area contributed by atoms with Crippen LogP contribution in [0, 0.1) is 35.0 Å². The van der Waals surface area contributed by atoms with Crippen LogP contribution in [0.3, 0.4) is 0 Å². The second-order valence-electron chi connectivity index (χ2n) is 10.8. The summed E-state index contributed by atoms with van der Waals surface area (Å²) in [5.74, 6) is 2.01.